The van der Waals surface area contributed by atoms with Crippen LogP contribution in [0.3, 0.4) is 0 Å². The van der Waals surface area contributed by atoms with E-state index in [1.807, 2.05) is 19.9 Å². The number of ether oxygens (including phenoxy) is 1. The Bertz CT molecular complexity index is 132. The number of nitrogens with zero attached hydrogens (tertiary/aromatic N) is 1. The van der Waals surface area contributed by atoms with Crippen LogP contribution in [0, 0.1) is 11.3 Å². The monoisotopic (exact) mass is 170 g/mol. The van der Waals surface area contributed by atoms with Crippen LogP contribution in [0.25, 0.3) is 0 Å². The van der Waals surface area contributed by atoms with Crippen LogP contribution in [0.15, 0.2) is 0 Å². The van der Waals surface area contributed by atoms with E-state index in [0.29, 0.717) is 6.42 Å². The van der Waals surface area contributed by atoms with Crippen LogP contribution in [-0.2, 0) is 4.74 Å². The van der Waals surface area contributed by atoms with Gasteiger partial charge in [0, 0.05) is 18.8 Å². The van der Waals surface area contributed by atoms with Crippen LogP contribution < -0.4 is 5.73 Å². The van der Waals surface area contributed by atoms with Crippen molar-refractivity contribution in [1.82, 2.24) is 0 Å². The van der Waals surface area contributed by atoms with Crippen LogP contribution in [0.5, 0.6) is 0 Å². The van der Waals surface area contributed by atoms with Crippen molar-refractivity contribution in [3.05, 3.63) is 0 Å². The highest BCUT2D eigenvalue weighted by Gasteiger charge is 2.07. The number of rotatable bonds is 1. The summed E-state index contributed by atoms with van der Waals surface area (Å²) in [5, 5.41) is 8.07. The second-order valence-corrected chi connectivity index (χ2v) is 3.64. The second-order valence-electron chi connectivity index (χ2n) is 3.64. The summed E-state index contributed by atoms with van der Waals surface area (Å²) in [6, 6.07) is 1.98. The van der Waals surface area contributed by atoms with E-state index >= 15 is 0 Å². The van der Waals surface area contributed by atoms with Crippen molar-refractivity contribution in [2.24, 2.45) is 5.73 Å². The molecule has 1 saturated heterocycles. The lowest BCUT2D eigenvalue weighted by molar-refractivity contribution is 0.198. The molecule has 1 fully saturated rings. The van der Waals surface area contributed by atoms with Gasteiger partial charge in [-0.2, -0.15) is 5.26 Å². The maximum atomic E-state index is 8.07. The van der Waals surface area contributed by atoms with Gasteiger partial charge in [0.2, 0.25) is 0 Å². The van der Waals surface area contributed by atoms with Crippen molar-refractivity contribution in [1.29, 1.82) is 5.26 Å². The summed E-state index contributed by atoms with van der Waals surface area (Å²) in [6.45, 7) is 5.66. The molecule has 1 heterocycles. The first-order valence-electron chi connectivity index (χ1n) is 4.30. The van der Waals surface area contributed by atoms with E-state index in [1.54, 1.807) is 0 Å². The van der Waals surface area contributed by atoms with Crippen LogP contribution in [0.2, 0.25) is 0 Å². The highest BCUT2D eigenvalue weighted by Crippen LogP contribution is 1.99. The van der Waals surface area contributed by atoms with Gasteiger partial charge in [0.15, 0.2) is 0 Å². The first-order chi connectivity index (χ1) is 5.56. The molecule has 0 saturated carbocycles. The molecule has 0 radical (unpaired) electrons. The summed E-state index contributed by atoms with van der Waals surface area (Å²) in [7, 11) is 0. The molecule has 3 heteroatoms. The smallest absolute Gasteiger partial charge is 0.0640 e. The molecule has 0 bridgehead atoms. The molecular weight excluding hydrogens is 152 g/mol. The Hall–Kier alpha value is -0.590. The Morgan fingerprint density at radius 3 is 2.00 bits per heavy atom. The molecule has 12 heavy (non-hydrogen) atoms. The molecule has 0 aliphatic carbocycles. The summed E-state index contributed by atoms with van der Waals surface area (Å²) >= 11 is 0. The van der Waals surface area contributed by atoms with E-state index in [1.165, 1.54) is 12.8 Å². The highest BCUT2D eigenvalue weighted by molar-refractivity contribution is 4.84. The SMILES string of the molecule is C1CCOC1.CC(C)(N)CC#N. The Balaban J connectivity index is 0.000000211. The van der Waals surface area contributed by atoms with Gasteiger partial charge in [-0.1, -0.05) is 0 Å². The lowest BCUT2D eigenvalue weighted by Crippen LogP contribution is -2.30. The van der Waals surface area contributed by atoms with Crippen LogP contribution in [0.1, 0.15) is 33.1 Å². The maximum absolute atomic E-state index is 8.07. The molecule has 0 aromatic rings. The number of nitriles is 1. The van der Waals surface area contributed by atoms with Gasteiger partial charge in [0.25, 0.3) is 0 Å². The molecule has 70 valence electrons. The first kappa shape index (κ1) is 11.4. The van der Waals surface area contributed by atoms with Crippen LogP contribution in [-0.4, -0.2) is 18.8 Å². The fraction of sp³-hybridized carbons (Fsp3) is 0.889. The summed E-state index contributed by atoms with van der Waals surface area (Å²) < 4.78 is 4.94. The van der Waals surface area contributed by atoms with Gasteiger partial charge >= 0.3 is 0 Å². The van der Waals surface area contributed by atoms with Gasteiger partial charge < -0.3 is 10.5 Å². The van der Waals surface area contributed by atoms with Crippen molar-refractivity contribution in [3.63, 3.8) is 0 Å². The summed E-state index contributed by atoms with van der Waals surface area (Å²) in [5.41, 5.74) is 5.11. The van der Waals surface area contributed by atoms with Crippen molar-refractivity contribution in [3.8, 4) is 6.07 Å². The number of hydrogen-bond acceptors (Lipinski definition) is 3. The molecule has 1 rings (SSSR count). The normalized spacial score (nSPS) is 16.2. The number of nitrogens with two attached hydrogens (primary N) is 1. The fourth-order valence-corrected chi connectivity index (χ4v) is 0.714. The zero-order chi connectivity index (χ0) is 9.45. The zero-order valence-electron chi connectivity index (χ0n) is 7.97. The number of hydrogen-bond donors (Lipinski definition) is 1. The Labute approximate surface area is 74.5 Å². The van der Waals surface area contributed by atoms with E-state index in [-0.39, 0.29) is 5.54 Å². The molecule has 0 atom stereocenters. The molecular formula is C9H18N2O. The minimum Gasteiger partial charge on any atom is -0.381 e. The van der Waals surface area contributed by atoms with E-state index in [4.69, 9.17) is 15.7 Å². The molecule has 3 nitrogen and oxygen atoms in total. The quantitative estimate of drug-likeness (QED) is 0.647. The Morgan fingerprint density at radius 1 is 1.42 bits per heavy atom. The zero-order valence-corrected chi connectivity index (χ0v) is 7.97. The van der Waals surface area contributed by atoms with Crippen molar-refractivity contribution < 1.29 is 4.74 Å². The molecule has 0 spiro atoms. The minimum absolute atomic E-state index is 0.311. The third-order valence-corrected chi connectivity index (χ3v) is 1.36. The predicted molar refractivity (Wildman–Crippen MR) is 48.5 cm³/mol. The molecule has 0 aromatic heterocycles. The maximum Gasteiger partial charge on any atom is 0.0640 e. The summed E-state index contributed by atoms with van der Waals surface area (Å²) in [4.78, 5) is 0. The topological polar surface area (TPSA) is 59.0 Å². The second kappa shape index (κ2) is 5.99. The predicted octanol–water partition coefficient (Wildman–Crippen LogP) is 1.43. The molecule has 1 aliphatic rings. The summed E-state index contributed by atoms with van der Waals surface area (Å²) in [6.07, 6.45) is 2.98. The fourth-order valence-electron chi connectivity index (χ4n) is 0.714. The average Bonchev–Trinajstić information content (AvgIpc) is 2.38. The largest absolute Gasteiger partial charge is 0.381 e. The molecule has 0 aromatic carbocycles. The third kappa shape index (κ3) is 9.41. The lowest BCUT2D eigenvalue weighted by Gasteiger charge is -2.11. The summed E-state index contributed by atoms with van der Waals surface area (Å²) in [5.74, 6) is 0. The van der Waals surface area contributed by atoms with Crippen LogP contribution in [0.4, 0.5) is 0 Å². The van der Waals surface area contributed by atoms with Crippen molar-refractivity contribution >= 4 is 0 Å². The van der Waals surface area contributed by atoms with Gasteiger partial charge in [-0.25, -0.2) is 0 Å². The molecule has 0 unspecified atom stereocenters. The lowest BCUT2D eigenvalue weighted by atomic mass is 10.0. The minimum atomic E-state index is -0.311. The standard InChI is InChI=1S/C5H10N2.C4H8O/c1-5(2,7)3-4-6;1-2-4-5-3-1/h3,7H2,1-2H3;1-4H2. The van der Waals surface area contributed by atoms with Crippen molar-refractivity contribution in [2.45, 2.75) is 38.6 Å². The average molecular weight is 170 g/mol. The van der Waals surface area contributed by atoms with E-state index in [0.717, 1.165) is 13.2 Å². The van der Waals surface area contributed by atoms with Gasteiger partial charge in [0.1, 0.15) is 0 Å². The van der Waals surface area contributed by atoms with Gasteiger partial charge in [0.05, 0.1) is 12.5 Å². The van der Waals surface area contributed by atoms with E-state index < -0.39 is 0 Å². The first-order valence-corrected chi connectivity index (χ1v) is 4.30. The highest BCUT2D eigenvalue weighted by atomic mass is 16.5. The van der Waals surface area contributed by atoms with Gasteiger partial charge in [-0.05, 0) is 26.7 Å². The van der Waals surface area contributed by atoms with Gasteiger partial charge in [-0.15, -0.1) is 0 Å². The van der Waals surface area contributed by atoms with Gasteiger partial charge in [-0.3, -0.25) is 0 Å². The molecule has 1 aliphatic heterocycles. The Morgan fingerprint density at radius 2 is 1.92 bits per heavy atom. The molecule has 0 amide bonds. The van der Waals surface area contributed by atoms with Crippen molar-refractivity contribution in [2.75, 3.05) is 13.2 Å². The Kier molecular flexibility index (Phi) is 5.69. The van der Waals surface area contributed by atoms with Crippen LogP contribution >= 0.6 is 0 Å². The third-order valence-electron chi connectivity index (χ3n) is 1.36. The van der Waals surface area contributed by atoms with E-state index in [2.05, 4.69) is 0 Å². The molecule has 2 N–H and O–H groups in total. The van der Waals surface area contributed by atoms with E-state index in [9.17, 15) is 0 Å².